The second kappa shape index (κ2) is 13.9. The first-order valence-corrected chi connectivity index (χ1v) is 12.7. The maximum atomic E-state index is 12.5. The van der Waals surface area contributed by atoms with E-state index >= 15 is 0 Å². The average molecular weight is 542 g/mol. The molecule has 1 aliphatic rings. The molecular formula is C25H31Cl3N4O3. The number of benzene rings is 2. The summed E-state index contributed by atoms with van der Waals surface area (Å²) in [7, 11) is 1.52. The summed E-state index contributed by atoms with van der Waals surface area (Å²) < 4.78 is 4.89. The Morgan fingerprint density at radius 3 is 2.31 bits per heavy atom. The van der Waals surface area contributed by atoms with Crippen LogP contribution in [0.15, 0.2) is 42.5 Å². The van der Waals surface area contributed by atoms with Crippen LogP contribution in [0.2, 0.25) is 15.1 Å². The third-order valence-electron chi connectivity index (χ3n) is 5.99. The number of likely N-dealkylation sites (tertiary alicyclic amines) is 1. The molecule has 0 spiro atoms. The lowest BCUT2D eigenvalue weighted by atomic mass is 9.94. The summed E-state index contributed by atoms with van der Waals surface area (Å²) in [5.74, 6) is 0.0400. The van der Waals surface area contributed by atoms with Crippen LogP contribution in [0.25, 0.3) is 0 Å². The molecule has 3 amide bonds. The number of urea groups is 1. The standard InChI is InChI=1S/C25H31Cl3N4O3/c1-35-16-24(33)30-22-7-10-32(11-8-22)9-6-18(17-2-4-19(26)5-3-17)15-29-25(34)31-23-13-20(27)12-21(28)14-23/h2-5,12-14,18,22H,6-11,15-16H2,1H3,(H,30,33)(H2,29,31,34). The fourth-order valence-electron chi connectivity index (χ4n) is 4.18. The Labute approximate surface area is 221 Å². The maximum Gasteiger partial charge on any atom is 0.319 e. The lowest BCUT2D eigenvalue weighted by molar-refractivity contribution is -0.125. The van der Waals surface area contributed by atoms with Crippen molar-refractivity contribution in [3.8, 4) is 0 Å². The van der Waals surface area contributed by atoms with Crippen molar-refractivity contribution in [3.63, 3.8) is 0 Å². The predicted molar refractivity (Wildman–Crippen MR) is 142 cm³/mol. The van der Waals surface area contributed by atoms with Gasteiger partial charge in [-0.05, 0) is 61.7 Å². The van der Waals surface area contributed by atoms with Gasteiger partial charge >= 0.3 is 6.03 Å². The van der Waals surface area contributed by atoms with Crippen LogP contribution in [0.5, 0.6) is 0 Å². The minimum Gasteiger partial charge on any atom is -0.375 e. The van der Waals surface area contributed by atoms with Gasteiger partial charge < -0.3 is 25.6 Å². The molecule has 35 heavy (non-hydrogen) atoms. The molecule has 2 aromatic carbocycles. The largest absolute Gasteiger partial charge is 0.375 e. The first kappa shape index (κ1) is 27.6. The quantitative estimate of drug-likeness (QED) is 0.388. The van der Waals surface area contributed by atoms with E-state index in [0.717, 1.165) is 44.5 Å². The molecule has 0 bridgehead atoms. The van der Waals surface area contributed by atoms with Gasteiger partial charge in [-0.15, -0.1) is 0 Å². The topological polar surface area (TPSA) is 82.7 Å². The molecular weight excluding hydrogens is 511 g/mol. The fourth-order valence-corrected chi connectivity index (χ4v) is 4.83. The zero-order valence-corrected chi connectivity index (χ0v) is 21.9. The number of amides is 3. The summed E-state index contributed by atoms with van der Waals surface area (Å²) in [6, 6.07) is 12.5. The monoisotopic (exact) mass is 540 g/mol. The number of carbonyl (C=O) groups is 2. The molecule has 1 heterocycles. The first-order chi connectivity index (χ1) is 16.8. The summed E-state index contributed by atoms with van der Waals surface area (Å²) in [6.07, 6.45) is 2.68. The van der Waals surface area contributed by atoms with Crippen LogP contribution < -0.4 is 16.0 Å². The number of halogens is 3. The van der Waals surface area contributed by atoms with E-state index < -0.39 is 0 Å². The maximum absolute atomic E-state index is 12.5. The van der Waals surface area contributed by atoms with Crippen molar-refractivity contribution in [1.29, 1.82) is 0 Å². The Morgan fingerprint density at radius 2 is 1.69 bits per heavy atom. The van der Waals surface area contributed by atoms with Crippen molar-refractivity contribution < 1.29 is 14.3 Å². The molecule has 3 N–H and O–H groups in total. The van der Waals surface area contributed by atoms with Crippen molar-refractivity contribution in [2.24, 2.45) is 0 Å². The molecule has 1 unspecified atom stereocenters. The Kier molecular flexibility index (Phi) is 10.9. The van der Waals surface area contributed by atoms with E-state index in [1.807, 2.05) is 24.3 Å². The van der Waals surface area contributed by atoms with Gasteiger partial charge in [0.1, 0.15) is 6.61 Å². The predicted octanol–water partition coefficient (Wildman–Crippen LogP) is 5.17. The second-order valence-electron chi connectivity index (χ2n) is 8.65. The molecule has 1 fully saturated rings. The zero-order valence-electron chi connectivity index (χ0n) is 19.7. The van der Waals surface area contributed by atoms with Crippen LogP contribution in [0.1, 0.15) is 30.7 Å². The van der Waals surface area contributed by atoms with E-state index in [0.29, 0.717) is 27.3 Å². The number of carbonyl (C=O) groups excluding carboxylic acids is 2. The van der Waals surface area contributed by atoms with Gasteiger partial charge in [-0.1, -0.05) is 46.9 Å². The fraction of sp³-hybridized carbons (Fsp3) is 0.440. The molecule has 10 heteroatoms. The summed E-state index contributed by atoms with van der Waals surface area (Å²) in [6.45, 7) is 3.27. The third kappa shape index (κ3) is 9.50. The van der Waals surface area contributed by atoms with Crippen molar-refractivity contribution in [2.45, 2.75) is 31.2 Å². The van der Waals surface area contributed by atoms with Gasteiger partial charge in [-0.3, -0.25) is 4.79 Å². The van der Waals surface area contributed by atoms with E-state index in [4.69, 9.17) is 39.5 Å². The number of ether oxygens (including phenoxy) is 1. The molecule has 7 nitrogen and oxygen atoms in total. The molecule has 190 valence electrons. The highest BCUT2D eigenvalue weighted by molar-refractivity contribution is 6.35. The van der Waals surface area contributed by atoms with Crippen molar-refractivity contribution >= 4 is 52.4 Å². The number of piperidine rings is 1. The summed E-state index contributed by atoms with van der Waals surface area (Å²) in [5.41, 5.74) is 1.64. The van der Waals surface area contributed by atoms with Crippen LogP contribution in [0, 0.1) is 0 Å². The van der Waals surface area contributed by atoms with E-state index in [1.165, 1.54) is 7.11 Å². The van der Waals surface area contributed by atoms with Crippen molar-refractivity contribution in [3.05, 3.63) is 63.1 Å². The number of nitrogens with zero attached hydrogens (tertiary/aromatic N) is 1. The molecule has 3 rings (SSSR count). The number of rotatable bonds is 10. The zero-order chi connectivity index (χ0) is 25.2. The smallest absolute Gasteiger partial charge is 0.319 e. The number of nitrogens with one attached hydrogen (secondary N) is 3. The van der Waals surface area contributed by atoms with E-state index in [2.05, 4.69) is 20.9 Å². The minimum atomic E-state index is -0.324. The average Bonchev–Trinajstić information content (AvgIpc) is 2.80. The molecule has 1 saturated heterocycles. The van der Waals surface area contributed by atoms with Gasteiger partial charge in [0.05, 0.1) is 0 Å². The Bertz CT molecular complexity index is 962. The molecule has 1 atom stereocenters. The molecule has 0 saturated carbocycles. The van der Waals surface area contributed by atoms with Crippen LogP contribution in [0.4, 0.5) is 10.5 Å². The van der Waals surface area contributed by atoms with Gasteiger partial charge in [0.2, 0.25) is 5.91 Å². The van der Waals surface area contributed by atoms with Gasteiger partial charge in [0, 0.05) is 59.5 Å². The highest BCUT2D eigenvalue weighted by atomic mass is 35.5. The van der Waals surface area contributed by atoms with E-state index in [9.17, 15) is 9.59 Å². The van der Waals surface area contributed by atoms with Gasteiger partial charge in [0.25, 0.3) is 0 Å². The third-order valence-corrected chi connectivity index (χ3v) is 6.68. The van der Waals surface area contributed by atoms with Gasteiger partial charge in [-0.2, -0.15) is 0 Å². The molecule has 0 aromatic heterocycles. The molecule has 0 aliphatic carbocycles. The van der Waals surface area contributed by atoms with Crippen LogP contribution in [-0.2, 0) is 9.53 Å². The summed E-state index contributed by atoms with van der Waals surface area (Å²) >= 11 is 18.1. The molecule has 2 aromatic rings. The van der Waals surface area contributed by atoms with Crippen LogP contribution >= 0.6 is 34.8 Å². The van der Waals surface area contributed by atoms with Crippen molar-refractivity contribution in [1.82, 2.24) is 15.5 Å². The molecule has 1 aliphatic heterocycles. The highest BCUT2D eigenvalue weighted by Crippen LogP contribution is 2.24. The number of methoxy groups -OCH3 is 1. The normalized spacial score (nSPS) is 15.4. The Balaban J connectivity index is 1.52. The first-order valence-electron chi connectivity index (χ1n) is 11.6. The van der Waals surface area contributed by atoms with Crippen LogP contribution in [0.3, 0.4) is 0 Å². The van der Waals surface area contributed by atoms with Crippen LogP contribution in [-0.4, -0.2) is 62.8 Å². The summed E-state index contributed by atoms with van der Waals surface area (Å²) in [5, 5.41) is 10.3. The highest BCUT2D eigenvalue weighted by Gasteiger charge is 2.22. The van der Waals surface area contributed by atoms with Crippen molar-refractivity contribution in [2.75, 3.05) is 45.2 Å². The SMILES string of the molecule is COCC(=O)NC1CCN(CCC(CNC(=O)Nc2cc(Cl)cc(Cl)c2)c2ccc(Cl)cc2)CC1. The van der Waals surface area contributed by atoms with E-state index in [1.54, 1.807) is 18.2 Å². The number of anilines is 1. The molecule has 0 radical (unpaired) electrons. The van der Waals surface area contributed by atoms with E-state index in [-0.39, 0.29) is 30.5 Å². The van der Waals surface area contributed by atoms with Gasteiger partial charge in [0.15, 0.2) is 0 Å². The lowest BCUT2D eigenvalue weighted by Crippen LogP contribution is -2.46. The van der Waals surface area contributed by atoms with Gasteiger partial charge in [-0.25, -0.2) is 4.79 Å². The minimum absolute atomic E-state index is 0.0712. The Morgan fingerprint density at radius 1 is 1.03 bits per heavy atom. The second-order valence-corrected chi connectivity index (χ2v) is 9.96. The summed E-state index contributed by atoms with van der Waals surface area (Å²) in [4.78, 5) is 26.7. The number of hydrogen-bond donors (Lipinski definition) is 3. The lowest BCUT2D eigenvalue weighted by Gasteiger charge is -2.33. The number of hydrogen-bond acceptors (Lipinski definition) is 4. The Hall–Kier alpha value is -2.03.